The number of hydrogen-bond acceptors (Lipinski definition) is 3. The van der Waals surface area contributed by atoms with Crippen LogP contribution in [0.3, 0.4) is 0 Å². The number of aromatic nitrogens is 1. The minimum Gasteiger partial charge on any atom is -0.503 e. The average molecular weight is 469 g/mol. The number of phenols is 1. The molecule has 2 aromatic carbocycles. The van der Waals surface area contributed by atoms with E-state index >= 15 is 0 Å². The Morgan fingerprint density at radius 1 is 1.16 bits per heavy atom. The summed E-state index contributed by atoms with van der Waals surface area (Å²) in [5, 5.41) is 12.7. The smallest absolute Gasteiger partial charge is 0.262 e. The van der Waals surface area contributed by atoms with E-state index in [-0.39, 0.29) is 50.1 Å². The zero-order chi connectivity index (χ0) is 22.9. The molecule has 0 radical (unpaired) electrons. The van der Waals surface area contributed by atoms with Gasteiger partial charge in [-0.3, -0.25) is 14.2 Å². The minimum atomic E-state index is -1.23. The summed E-state index contributed by atoms with van der Waals surface area (Å²) in [4.78, 5) is 25.6. The number of rotatable bonds is 6. The minimum absolute atomic E-state index is 0.0993. The van der Waals surface area contributed by atoms with Gasteiger partial charge in [-0.2, -0.15) is 0 Å². The molecule has 0 aliphatic carbocycles. The molecule has 0 saturated heterocycles. The van der Waals surface area contributed by atoms with E-state index in [0.717, 1.165) is 23.5 Å². The number of phenolic OH excluding ortho intramolecular Hbond substituents is 1. The Morgan fingerprint density at radius 2 is 1.87 bits per heavy atom. The molecule has 3 rings (SSSR count). The van der Waals surface area contributed by atoms with Crippen molar-refractivity contribution >= 4 is 45.9 Å². The maximum Gasteiger partial charge on any atom is 0.262 e. The second kappa shape index (κ2) is 9.24. The van der Waals surface area contributed by atoms with Gasteiger partial charge in [-0.15, -0.1) is 0 Å². The standard InChI is InChI=1S/C22H20Cl2F2N2O3/c1-3-4-7-27-18(29)9-13-11(2)28(17-10-16(25)21(30)20(26)19(13)17)22(31)12-5-6-14(23)15(24)8-12/h5-6,8,10,30H,3-4,7,9H2,1-2H3,(H,27,29). The lowest BCUT2D eigenvalue weighted by Crippen LogP contribution is -2.26. The van der Waals surface area contributed by atoms with Gasteiger partial charge in [0.1, 0.15) is 0 Å². The number of nitrogens with one attached hydrogen (secondary N) is 1. The highest BCUT2D eigenvalue weighted by Crippen LogP contribution is 2.35. The van der Waals surface area contributed by atoms with E-state index in [4.69, 9.17) is 23.2 Å². The highest BCUT2D eigenvalue weighted by Gasteiger charge is 2.27. The molecule has 0 aliphatic rings. The molecular formula is C22H20Cl2F2N2O3. The Labute approximate surface area is 187 Å². The Morgan fingerprint density at radius 3 is 2.52 bits per heavy atom. The van der Waals surface area contributed by atoms with Gasteiger partial charge in [-0.05, 0) is 37.1 Å². The summed E-state index contributed by atoms with van der Waals surface area (Å²) in [6.07, 6.45) is 1.43. The summed E-state index contributed by atoms with van der Waals surface area (Å²) >= 11 is 11.9. The van der Waals surface area contributed by atoms with Gasteiger partial charge in [0.2, 0.25) is 5.91 Å². The van der Waals surface area contributed by atoms with Gasteiger partial charge in [-0.25, -0.2) is 8.78 Å². The number of nitrogens with zero attached hydrogens (tertiary/aromatic N) is 1. The van der Waals surface area contributed by atoms with Gasteiger partial charge in [-0.1, -0.05) is 36.5 Å². The summed E-state index contributed by atoms with van der Waals surface area (Å²) in [6.45, 7) is 3.96. The number of fused-ring (bicyclic) bond motifs is 1. The zero-order valence-electron chi connectivity index (χ0n) is 16.9. The van der Waals surface area contributed by atoms with E-state index in [0.29, 0.717) is 6.54 Å². The fraction of sp³-hybridized carbons (Fsp3) is 0.273. The highest BCUT2D eigenvalue weighted by molar-refractivity contribution is 6.42. The lowest BCUT2D eigenvalue weighted by atomic mass is 10.1. The van der Waals surface area contributed by atoms with Crippen LogP contribution in [0.2, 0.25) is 10.0 Å². The largest absolute Gasteiger partial charge is 0.503 e. The molecule has 9 heteroatoms. The fourth-order valence-electron chi connectivity index (χ4n) is 3.42. The van der Waals surface area contributed by atoms with Crippen LogP contribution in [-0.2, 0) is 11.2 Å². The molecular weight excluding hydrogens is 449 g/mol. The predicted molar refractivity (Wildman–Crippen MR) is 116 cm³/mol. The van der Waals surface area contributed by atoms with Crippen molar-refractivity contribution in [1.82, 2.24) is 9.88 Å². The number of hydrogen-bond donors (Lipinski definition) is 2. The van der Waals surface area contributed by atoms with Crippen LogP contribution in [-0.4, -0.2) is 28.0 Å². The number of halogens is 4. The third-order valence-electron chi connectivity index (χ3n) is 5.05. The summed E-state index contributed by atoms with van der Waals surface area (Å²) in [6, 6.07) is 5.09. The van der Waals surface area contributed by atoms with E-state index in [1.54, 1.807) is 0 Å². The fourth-order valence-corrected chi connectivity index (χ4v) is 3.72. The molecule has 1 heterocycles. The van der Waals surface area contributed by atoms with Crippen LogP contribution in [0.15, 0.2) is 24.3 Å². The second-order valence-electron chi connectivity index (χ2n) is 7.13. The van der Waals surface area contributed by atoms with Crippen molar-refractivity contribution in [2.75, 3.05) is 6.54 Å². The molecule has 2 N–H and O–H groups in total. The Bertz CT molecular complexity index is 1190. The molecule has 3 aromatic rings. The molecule has 0 saturated carbocycles. The first-order chi connectivity index (χ1) is 14.7. The van der Waals surface area contributed by atoms with Crippen molar-refractivity contribution in [2.45, 2.75) is 33.1 Å². The first-order valence-electron chi connectivity index (χ1n) is 9.64. The third kappa shape index (κ3) is 4.38. The van der Waals surface area contributed by atoms with Crippen molar-refractivity contribution in [3.05, 3.63) is 62.8 Å². The van der Waals surface area contributed by atoms with Gasteiger partial charge < -0.3 is 10.4 Å². The van der Waals surface area contributed by atoms with Crippen molar-refractivity contribution in [3.63, 3.8) is 0 Å². The number of aromatic hydroxyl groups is 1. The van der Waals surface area contributed by atoms with Gasteiger partial charge in [0.15, 0.2) is 17.4 Å². The third-order valence-corrected chi connectivity index (χ3v) is 5.79. The average Bonchev–Trinajstić information content (AvgIpc) is 2.99. The number of benzene rings is 2. The van der Waals surface area contributed by atoms with Crippen molar-refractivity contribution < 1.29 is 23.5 Å². The van der Waals surface area contributed by atoms with E-state index in [9.17, 15) is 23.5 Å². The van der Waals surface area contributed by atoms with E-state index in [2.05, 4.69) is 5.32 Å². The Balaban J connectivity index is 2.17. The van der Waals surface area contributed by atoms with Crippen LogP contribution in [0.25, 0.3) is 10.9 Å². The summed E-state index contributed by atoms with van der Waals surface area (Å²) in [7, 11) is 0. The predicted octanol–water partition coefficient (Wildman–Crippen LogP) is 5.39. The molecule has 0 fully saturated rings. The molecule has 1 aromatic heterocycles. The lowest BCUT2D eigenvalue weighted by Gasteiger charge is -2.09. The second-order valence-corrected chi connectivity index (χ2v) is 7.94. The molecule has 31 heavy (non-hydrogen) atoms. The van der Waals surface area contributed by atoms with Crippen LogP contribution in [0.4, 0.5) is 8.78 Å². The van der Waals surface area contributed by atoms with Crippen molar-refractivity contribution in [1.29, 1.82) is 0 Å². The number of carbonyl (C=O) groups excluding carboxylic acids is 2. The normalized spacial score (nSPS) is 11.2. The summed E-state index contributed by atoms with van der Waals surface area (Å²) in [5.41, 5.74) is 0.478. The number of amides is 1. The SMILES string of the molecule is CCCCNC(=O)Cc1c(C)n(C(=O)c2ccc(Cl)c(Cl)c2)c2cc(F)c(O)c(F)c12. The molecule has 0 unspecified atom stereocenters. The van der Waals surface area contributed by atoms with E-state index < -0.39 is 23.3 Å². The first-order valence-corrected chi connectivity index (χ1v) is 10.4. The first kappa shape index (κ1) is 23.0. The zero-order valence-corrected chi connectivity index (χ0v) is 18.4. The van der Waals surface area contributed by atoms with Crippen molar-refractivity contribution in [3.8, 4) is 5.75 Å². The highest BCUT2D eigenvalue weighted by atomic mass is 35.5. The number of unbranched alkanes of at least 4 members (excludes halogenated alkanes) is 1. The number of carbonyl (C=O) groups is 2. The van der Waals surface area contributed by atoms with E-state index in [1.165, 1.54) is 25.1 Å². The molecule has 0 bridgehead atoms. The van der Waals surface area contributed by atoms with Gasteiger partial charge in [0, 0.05) is 29.3 Å². The van der Waals surface area contributed by atoms with E-state index in [1.807, 2.05) is 6.92 Å². The molecule has 0 atom stereocenters. The van der Waals surface area contributed by atoms with Gasteiger partial charge in [0.25, 0.3) is 5.91 Å². The topological polar surface area (TPSA) is 71.3 Å². The molecule has 0 aliphatic heterocycles. The molecule has 5 nitrogen and oxygen atoms in total. The maximum absolute atomic E-state index is 14.9. The maximum atomic E-state index is 14.9. The Kier molecular flexibility index (Phi) is 6.86. The quantitative estimate of drug-likeness (QED) is 0.476. The summed E-state index contributed by atoms with van der Waals surface area (Å²) < 4.78 is 30.1. The molecule has 164 valence electrons. The summed E-state index contributed by atoms with van der Waals surface area (Å²) in [5.74, 6) is -4.59. The molecule has 1 amide bonds. The van der Waals surface area contributed by atoms with Crippen LogP contribution < -0.4 is 5.32 Å². The van der Waals surface area contributed by atoms with Gasteiger partial charge >= 0.3 is 0 Å². The van der Waals surface area contributed by atoms with Crippen LogP contribution in [0.1, 0.15) is 41.4 Å². The molecule has 0 spiro atoms. The van der Waals surface area contributed by atoms with Crippen LogP contribution in [0.5, 0.6) is 5.75 Å². The van der Waals surface area contributed by atoms with Crippen LogP contribution >= 0.6 is 23.2 Å². The van der Waals surface area contributed by atoms with Gasteiger partial charge in [0.05, 0.1) is 22.0 Å². The lowest BCUT2D eigenvalue weighted by molar-refractivity contribution is -0.120. The monoisotopic (exact) mass is 468 g/mol. The Hall–Kier alpha value is -2.64. The van der Waals surface area contributed by atoms with Crippen molar-refractivity contribution in [2.24, 2.45) is 0 Å². The van der Waals surface area contributed by atoms with Crippen LogP contribution in [0, 0.1) is 18.6 Å².